The molecule has 2 aliphatic rings. The van der Waals surface area contributed by atoms with Gasteiger partial charge in [-0.15, -0.1) is 0 Å². The summed E-state index contributed by atoms with van der Waals surface area (Å²) < 4.78 is 2.45. The molecule has 2 aliphatic heterocycles. The third-order valence-corrected chi connectivity index (χ3v) is 8.12. The molecular formula is C28H35N3O. The summed E-state index contributed by atoms with van der Waals surface area (Å²) in [5.74, 6) is 0.173. The molecule has 1 fully saturated rings. The summed E-state index contributed by atoms with van der Waals surface area (Å²) in [5, 5.41) is 4.56. The molecule has 0 bridgehead atoms. The van der Waals surface area contributed by atoms with Crippen LogP contribution in [0.3, 0.4) is 0 Å². The molecule has 0 radical (unpaired) electrons. The van der Waals surface area contributed by atoms with Gasteiger partial charge in [-0.1, -0.05) is 55.5 Å². The van der Waals surface area contributed by atoms with Gasteiger partial charge in [0.25, 0.3) is 0 Å². The highest BCUT2D eigenvalue weighted by Crippen LogP contribution is 2.54. The van der Waals surface area contributed by atoms with Gasteiger partial charge in [-0.25, -0.2) is 0 Å². The fourth-order valence-electron chi connectivity index (χ4n) is 6.41. The fraction of sp³-hybridized carbons (Fsp3) is 0.464. The van der Waals surface area contributed by atoms with Gasteiger partial charge < -0.3 is 9.88 Å². The lowest BCUT2D eigenvalue weighted by Gasteiger charge is -2.52. The number of benzene rings is 2. The number of hydrogen-bond acceptors (Lipinski definition) is 2. The van der Waals surface area contributed by atoms with Crippen molar-refractivity contribution in [1.29, 1.82) is 0 Å². The SMILES string of the molecule is CC[C@]1(CCC(=O)NCc2ccccc2)CCCN2CCc3c(n(C)c4ccccc34)[C@@H]21. The Morgan fingerprint density at radius 1 is 1.09 bits per heavy atom. The van der Waals surface area contributed by atoms with Crippen LogP contribution >= 0.6 is 0 Å². The summed E-state index contributed by atoms with van der Waals surface area (Å²) in [6.45, 7) is 5.26. The summed E-state index contributed by atoms with van der Waals surface area (Å²) in [5.41, 5.74) is 5.69. The Kier molecular flexibility index (Phi) is 5.81. The second-order valence-corrected chi connectivity index (χ2v) is 9.71. The van der Waals surface area contributed by atoms with Gasteiger partial charge in [0.2, 0.25) is 5.91 Å². The zero-order chi connectivity index (χ0) is 22.1. The molecule has 2 atom stereocenters. The van der Waals surface area contributed by atoms with Crippen LogP contribution in [0.2, 0.25) is 0 Å². The third kappa shape index (κ3) is 3.65. The number of rotatable bonds is 6. The first kappa shape index (κ1) is 21.3. The molecular weight excluding hydrogens is 394 g/mol. The first-order valence-electron chi connectivity index (χ1n) is 12.2. The minimum Gasteiger partial charge on any atom is -0.352 e. The molecule has 1 aromatic heterocycles. The van der Waals surface area contributed by atoms with Crippen LogP contribution < -0.4 is 5.32 Å². The van der Waals surface area contributed by atoms with Crippen LogP contribution in [0, 0.1) is 5.41 Å². The molecule has 5 rings (SSSR count). The summed E-state index contributed by atoms with van der Waals surface area (Å²) in [4.78, 5) is 15.5. The van der Waals surface area contributed by atoms with Crippen molar-refractivity contribution in [3.8, 4) is 0 Å². The summed E-state index contributed by atoms with van der Waals surface area (Å²) in [6, 6.07) is 19.5. The highest BCUT2D eigenvalue weighted by Gasteiger charge is 2.48. The number of amides is 1. The van der Waals surface area contributed by atoms with Crippen LogP contribution in [0.5, 0.6) is 0 Å². The van der Waals surface area contributed by atoms with E-state index in [1.54, 1.807) is 0 Å². The van der Waals surface area contributed by atoms with Crippen molar-refractivity contribution in [2.75, 3.05) is 13.1 Å². The van der Waals surface area contributed by atoms with E-state index in [1.807, 2.05) is 18.2 Å². The molecule has 0 unspecified atom stereocenters. The molecule has 0 spiro atoms. The molecule has 1 N–H and O–H groups in total. The summed E-state index contributed by atoms with van der Waals surface area (Å²) in [6.07, 6.45) is 6.23. The lowest BCUT2D eigenvalue weighted by Crippen LogP contribution is -2.50. The Balaban J connectivity index is 1.40. The van der Waals surface area contributed by atoms with Crippen molar-refractivity contribution in [3.05, 3.63) is 71.4 Å². The van der Waals surface area contributed by atoms with E-state index >= 15 is 0 Å². The number of carbonyl (C=O) groups is 1. The highest BCUT2D eigenvalue weighted by molar-refractivity contribution is 5.86. The second kappa shape index (κ2) is 8.74. The van der Waals surface area contributed by atoms with Crippen molar-refractivity contribution in [2.45, 2.75) is 58.0 Å². The van der Waals surface area contributed by atoms with Crippen LogP contribution in [-0.4, -0.2) is 28.5 Å². The van der Waals surface area contributed by atoms with E-state index < -0.39 is 0 Å². The predicted octanol–water partition coefficient (Wildman–Crippen LogP) is 5.36. The zero-order valence-corrected chi connectivity index (χ0v) is 19.4. The number of para-hydroxylation sites is 1. The van der Waals surface area contributed by atoms with Crippen LogP contribution in [0.1, 0.15) is 61.9 Å². The first-order chi connectivity index (χ1) is 15.6. The van der Waals surface area contributed by atoms with Gasteiger partial charge in [0.1, 0.15) is 0 Å². The minimum absolute atomic E-state index is 0.152. The van der Waals surface area contributed by atoms with E-state index in [0.29, 0.717) is 19.0 Å². The van der Waals surface area contributed by atoms with Gasteiger partial charge in [0.05, 0.1) is 6.04 Å². The molecule has 4 nitrogen and oxygen atoms in total. The quantitative estimate of drug-likeness (QED) is 0.572. The van der Waals surface area contributed by atoms with E-state index in [0.717, 1.165) is 31.4 Å². The van der Waals surface area contributed by atoms with Gasteiger partial charge >= 0.3 is 0 Å². The monoisotopic (exact) mass is 429 g/mol. The third-order valence-electron chi connectivity index (χ3n) is 8.12. The number of nitrogens with one attached hydrogen (secondary N) is 1. The van der Waals surface area contributed by atoms with E-state index in [9.17, 15) is 4.79 Å². The van der Waals surface area contributed by atoms with Crippen LogP contribution in [0.15, 0.2) is 54.6 Å². The zero-order valence-electron chi connectivity index (χ0n) is 19.4. The number of carbonyl (C=O) groups excluding carboxylic acids is 1. The standard InChI is InChI=1S/C28H35N3O/c1-3-28(17-14-25(32)29-20-21-10-5-4-6-11-21)16-9-18-31-19-15-23-22-12-7-8-13-24(22)30(2)26(23)27(28)31/h4-8,10-13,27H,3,9,14-20H2,1-2H3,(H,29,32)/t27-,28-/m1/s1. The molecule has 168 valence electrons. The molecule has 0 saturated carbocycles. The number of nitrogens with zero attached hydrogens (tertiary/aromatic N) is 2. The lowest BCUT2D eigenvalue weighted by molar-refractivity contribution is -0.122. The van der Waals surface area contributed by atoms with E-state index in [4.69, 9.17) is 0 Å². The number of aryl methyl sites for hydroxylation is 1. The number of aromatic nitrogens is 1. The Morgan fingerprint density at radius 2 is 1.88 bits per heavy atom. The molecule has 32 heavy (non-hydrogen) atoms. The van der Waals surface area contributed by atoms with E-state index in [1.165, 1.54) is 41.5 Å². The first-order valence-corrected chi connectivity index (χ1v) is 12.2. The number of hydrogen-bond donors (Lipinski definition) is 1. The lowest BCUT2D eigenvalue weighted by atomic mass is 9.65. The van der Waals surface area contributed by atoms with Crippen molar-refractivity contribution in [1.82, 2.24) is 14.8 Å². The Labute approximate surface area is 191 Å². The van der Waals surface area contributed by atoms with Crippen molar-refractivity contribution in [3.63, 3.8) is 0 Å². The topological polar surface area (TPSA) is 37.3 Å². The van der Waals surface area contributed by atoms with Crippen LogP contribution in [-0.2, 0) is 24.8 Å². The molecule has 3 aromatic rings. The minimum atomic E-state index is 0.152. The van der Waals surface area contributed by atoms with Crippen molar-refractivity contribution >= 4 is 16.8 Å². The van der Waals surface area contributed by atoms with Gasteiger partial charge in [-0.3, -0.25) is 9.69 Å². The van der Waals surface area contributed by atoms with Gasteiger partial charge in [-0.2, -0.15) is 0 Å². The van der Waals surface area contributed by atoms with Crippen molar-refractivity contribution in [2.24, 2.45) is 12.5 Å². The normalized spacial score (nSPS) is 23.0. The predicted molar refractivity (Wildman–Crippen MR) is 130 cm³/mol. The van der Waals surface area contributed by atoms with Gasteiger partial charge in [0, 0.05) is 43.2 Å². The maximum Gasteiger partial charge on any atom is 0.220 e. The Morgan fingerprint density at radius 3 is 2.69 bits per heavy atom. The smallest absolute Gasteiger partial charge is 0.220 e. The molecule has 2 aromatic carbocycles. The highest BCUT2D eigenvalue weighted by atomic mass is 16.1. The second-order valence-electron chi connectivity index (χ2n) is 9.71. The fourth-order valence-corrected chi connectivity index (χ4v) is 6.41. The molecule has 4 heteroatoms. The Hall–Kier alpha value is -2.59. The largest absolute Gasteiger partial charge is 0.352 e. The molecule has 3 heterocycles. The molecule has 1 amide bonds. The number of fused-ring (bicyclic) bond motifs is 5. The summed E-state index contributed by atoms with van der Waals surface area (Å²) >= 11 is 0. The average Bonchev–Trinajstić information content (AvgIpc) is 3.14. The summed E-state index contributed by atoms with van der Waals surface area (Å²) in [7, 11) is 2.24. The van der Waals surface area contributed by atoms with E-state index in [2.05, 4.69) is 65.2 Å². The maximum absolute atomic E-state index is 12.8. The van der Waals surface area contributed by atoms with Gasteiger partial charge in [0.15, 0.2) is 0 Å². The molecule has 1 saturated heterocycles. The van der Waals surface area contributed by atoms with Crippen molar-refractivity contribution < 1.29 is 4.79 Å². The average molecular weight is 430 g/mol. The van der Waals surface area contributed by atoms with E-state index in [-0.39, 0.29) is 11.3 Å². The Bertz CT molecular complexity index is 1100. The maximum atomic E-state index is 12.8. The van der Waals surface area contributed by atoms with Crippen LogP contribution in [0.25, 0.3) is 10.9 Å². The van der Waals surface area contributed by atoms with Gasteiger partial charge in [-0.05, 0) is 61.3 Å². The number of piperidine rings is 1. The molecule has 0 aliphatic carbocycles. The van der Waals surface area contributed by atoms with Crippen LogP contribution in [0.4, 0.5) is 0 Å².